The van der Waals surface area contributed by atoms with Gasteiger partial charge in [0.05, 0.1) is 13.0 Å². The summed E-state index contributed by atoms with van der Waals surface area (Å²) in [5.74, 6) is 0.883. The summed E-state index contributed by atoms with van der Waals surface area (Å²) in [6.45, 7) is 2.47. The highest BCUT2D eigenvalue weighted by Crippen LogP contribution is 2.31. The van der Waals surface area contributed by atoms with Crippen molar-refractivity contribution >= 4 is 17.9 Å². The zero-order chi connectivity index (χ0) is 22.3. The lowest BCUT2D eigenvalue weighted by atomic mass is 9.83. The summed E-state index contributed by atoms with van der Waals surface area (Å²) >= 11 is 0. The van der Waals surface area contributed by atoms with E-state index in [9.17, 15) is 14.0 Å². The summed E-state index contributed by atoms with van der Waals surface area (Å²) < 4.78 is 18.7. The minimum absolute atomic E-state index is 0.0138. The molecule has 0 saturated carbocycles. The standard InChI is InChI=1S/C26H29FN2O3/c27-22-11-8-20(9-12-22)10-13-26(31)29-16-4-5-21-19-28(17-14-24(21)29)25(30)15-18-32-23-6-2-1-3-7-23/h1-3,6-13,21,24H,4-5,14-19H2/t21-,24+/m1/s1. The van der Waals surface area contributed by atoms with E-state index >= 15 is 0 Å². The van der Waals surface area contributed by atoms with Crippen molar-refractivity contribution in [2.24, 2.45) is 5.92 Å². The van der Waals surface area contributed by atoms with Crippen LogP contribution in [-0.4, -0.2) is 53.9 Å². The Bertz CT molecular complexity index is 945. The van der Waals surface area contributed by atoms with Gasteiger partial charge in [-0.1, -0.05) is 30.3 Å². The van der Waals surface area contributed by atoms with Crippen LogP contribution in [0, 0.1) is 11.7 Å². The molecule has 0 radical (unpaired) electrons. The molecule has 2 fully saturated rings. The molecule has 0 bridgehead atoms. The van der Waals surface area contributed by atoms with Crippen LogP contribution in [0.2, 0.25) is 0 Å². The number of likely N-dealkylation sites (tertiary alicyclic amines) is 2. The van der Waals surface area contributed by atoms with E-state index in [0.717, 1.165) is 37.1 Å². The van der Waals surface area contributed by atoms with Gasteiger partial charge in [0.25, 0.3) is 0 Å². The van der Waals surface area contributed by atoms with E-state index in [2.05, 4.69) is 0 Å². The average Bonchev–Trinajstić information content (AvgIpc) is 2.83. The van der Waals surface area contributed by atoms with Crippen molar-refractivity contribution in [1.82, 2.24) is 9.80 Å². The van der Waals surface area contributed by atoms with Crippen LogP contribution in [0.5, 0.6) is 5.75 Å². The Hall–Kier alpha value is -3.15. The fourth-order valence-corrected chi connectivity index (χ4v) is 4.67. The van der Waals surface area contributed by atoms with Crippen molar-refractivity contribution in [3.8, 4) is 5.75 Å². The van der Waals surface area contributed by atoms with Gasteiger partial charge >= 0.3 is 0 Å². The van der Waals surface area contributed by atoms with Gasteiger partial charge in [-0.25, -0.2) is 4.39 Å². The fraction of sp³-hybridized carbons (Fsp3) is 0.385. The molecule has 2 aromatic rings. The molecule has 0 aromatic heterocycles. The van der Waals surface area contributed by atoms with Crippen LogP contribution in [-0.2, 0) is 9.59 Å². The number of nitrogens with zero attached hydrogens (tertiary/aromatic N) is 2. The molecule has 2 heterocycles. The van der Waals surface area contributed by atoms with Crippen molar-refractivity contribution in [2.45, 2.75) is 31.7 Å². The van der Waals surface area contributed by atoms with Gasteiger partial charge in [0, 0.05) is 31.8 Å². The molecule has 5 nitrogen and oxygen atoms in total. The van der Waals surface area contributed by atoms with E-state index < -0.39 is 0 Å². The van der Waals surface area contributed by atoms with Gasteiger partial charge in [0.1, 0.15) is 11.6 Å². The molecule has 0 N–H and O–H groups in total. The van der Waals surface area contributed by atoms with Crippen molar-refractivity contribution in [1.29, 1.82) is 0 Å². The number of fused-ring (bicyclic) bond motifs is 1. The maximum absolute atomic E-state index is 13.1. The predicted molar refractivity (Wildman–Crippen MR) is 121 cm³/mol. The summed E-state index contributed by atoms with van der Waals surface area (Å²) in [4.78, 5) is 29.4. The minimum atomic E-state index is -0.291. The smallest absolute Gasteiger partial charge is 0.246 e. The minimum Gasteiger partial charge on any atom is -0.493 e. The number of hydrogen-bond acceptors (Lipinski definition) is 3. The third-order valence-corrected chi connectivity index (χ3v) is 6.32. The Labute approximate surface area is 188 Å². The van der Waals surface area contributed by atoms with Crippen molar-refractivity contribution in [3.63, 3.8) is 0 Å². The van der Waals surface area contributed by atoms with Gasteiger partial charge in [0.15, 0.2) is 0 Å². The van der Waals surface area contributed by atoms with Gasteiger partial charge < -0.3 is 14.5 Å². The van der Waals surface area contributed by atoms with Crippen LogP contribution in [0.3, 0.4) is 0 Å². The molecule has 2 aliphatic heterocycles. The van der Waals surface area contributed by atoms with Gasteiger partial charge in [-0.3, -0.25) is 9.59 Å². The lowest BCUT2D eigenvalue weighted by Crippen LogP contribution is -2.56. The van der Waals surface area contributed by atoms with Crippen molar-refractivity contribution in [2.75, 3.05) is 26.2 Å². The molecular formula is C26H29FN2O3. The normalized spacial score (nSPS) is 20.8. The van der Waals surface area contributed by atoms with E-state index in [4.69, 9.17) is 4.74 Å². The summed E-state index contributed by atoms with van der Waals surface area (Å²) in [5, 5.41) is 0. The third kappa shape index (κ3) is 5.55. The second kappa shape index (κ2) is 10.4. The van der Waals surface area contributed by atoms with Crippen LogP contribution < -0.4 is 4.74 Å². The molecule has 2 aliphatic rings. The Morgan fingerprint density at radius 3 is 2.59 bits per heavy atom. The number of ether oxygens (including phenoxy) is 1. The van der Waals surface area contributed by atoms with Crippen molar-refractivity contribution < 1.29 is 18.7 Å². The highest BCUT2D eigenvalue weighted by atomic mass is 19.1. The molecule has 168 valence electrons. The lowest BCUT2D eigenvalue weighted by molar-refractivity contribution is -0.139. The first kappa shape index (κ1) is 22.1. The molecule has 2 aromatic carbocycles. The Balaban J connectivity index is 1.29. The summed E-state index contributed by atoms with van der Waals surface area (Å²) in [6, 6.07) is 15.8. The first-order valence-corrected chi connectivity index (χ1v) is 11.3. The van der Waals surface area contributed by atoms with Crippen LogP contribution in [0.25, 0.3) is 6.08 Å². The SMILES string of the molecule is O=C(CCOc1ccccc1)N1CC[C@H]2[C@H](CCCN2C(=O)C=Cc2ccc(F)cc2)C1. The number of rotatable bonds is 6. The molecular weight excluding hydrogens is 407 g/mol. The summed E-state index contributed by atoms with van der Waals surface area (Å²) in [5.41, 5.74) is 0.798. The monoisotopic (exact) mass is 436 g/mol. The maximum Gasteiger partial charge on any atom is 0.246 e. The second-order valence-electron chi connectivity index (χ2n) is 8.43. The number of carbonyl (C=O) groups is 2. The van der Waals surface area contributed by atoms with Gasteiger partial charge in [-0.05, 0) is 61.1 Å². The topological polar surface area (TPSA) is 49.9 Å². The molecule has 2 atom stereocenters. The fourth-order valence-electron chi connectivity index (χ4n) is 4.67. The van der Waals surface area contributed by atoms with Crippen LogP contribution in [0.4, 0.5) is 4.39 Å². The van der Waals surface area contributed by atoms with Crippen LogP contribution >= 0.6 is 0 Å². The van der Waals surface area contributed by atoms with E-state index in [0.29, 0.717) is 32.0 Å². The van der Waals surface area contributed by atoms with E-state index in [1.54, 1.807) is 24.3 Å². The first-order valence-electron chi connectivity index (χ1n) is 11.3. The number of halogens is 1. The number of carbonyl (C=O) groups excluding carboxylic acids is 2. The van der Waals surface area contributed by atoms with E-state index in [-0.39, 0.29) is 23.7 Å². The van der Waals surface area contributed by atoms with Crippen LogP contribution in [0.15, 0.2) is 60.7 Å². The Morgan fingerprint density at radius 2 is 1.81 bits per heavy atom. The molecule has 4 rings (SSSR count). The summed E-state index contributed by atoms with van der Waals surface area (Å²) in [7, 11) is 0. The maximum atomic E-state index is 13.1. The summed E-state index contributed by atoms with van der Waals surface area (Å²) in [6.07, 6.45) is 6.43. The van der Waals surface area contributed by atoms with Gasteiger partial charge in [0.2, 0.25) is 11.8 Å². The Morgan fingerprint density at radius 1 is 1.03 bits per heavy atom. The zero-order valence-electron chi connectivity index (χ0n) is 18.2. The molecule has 2 amide bonds. The highest BCUT2D eigenvalue weighted by molar-refractivity contribution is 5.92. The number of amides is 2. The predicted octanol–water partition coefficient (Wildman–Crippen LogP) is 4.15. The van der Waals surface area contributed by atoms with Crippen LogP contribution in [0.1, 0.15) is 31.2 Å². The largest absolute Gasteiger partial charge is 0.493 e. The van der Waals surface area contributed by atoms with Crippen molar-refractivity contribution in [3.05, 3.63) is 72.1 Å². The molecule has 2 saturated heterocycles. The lowest BCUT2D eigenvalue weighted by Gasteiger charge is -2.47. The number of piperidine rings is 2. The quantitative estimate of drug-likeness (QED) is 0.640. The van der Waals surface area contributed by atoms with E-state index in [1.165, 1.54) is 12.1 Å². The molecule has 32 heavy (non-hydrogen) atoms. The number of benzene rings is 2. The van der Waals surface area contributed by atoms with E-state index in [1.807, 2.05) is 40.1 Å². The third-order valence-electron chi connectivity index (χ3n) is 6.32. The molecule has 0 spiro atoms. The Kier molecular flexibility index (Phi) is 7.20. The average molecular weight is 437 g/mol. The molecule has 6 heteroatoms. The zero-order valence-corrected chi connectivity index (χ0v) is 18.2. The number of hydrogen-bond donors (Lipinski definition) is 0. The van der Waals surface area contributed by atoms with Gasteiger partial charge in [-0.15, -0.1) is 0 Å². The first-order chi connectivity index (χ1) is 15.6. The number of para-hydroxylation sites is 1. The molecule has 0 unspecified atom stereocenters. The second-order valence-corrected chi connectivity index (χ2v) is 8.43. The molecule has 0 aliphatic carbocycles. The van der Waals surface area contributed by atoms with Gasteiger partial charge in [-0.2, -0.15) is 0 Å². The highest BCUT2D eigenvalue weighted by Gasteiger charge is 2.38.